The monoisotopic (exact) mass is 301 g/mol. The van der Waals surface area contributed by atoms with Crippen LogP contribution < -0.4 is 11.1 Å². The van der Waals surface area contributed by atoms with Gasteiger partial charge in [0.05, 0.1) is 28.0 Å². The Balaban J connectivity index is 1.94. The molecule has 0 spiro atoms. The summed E-state index contributed by atoms with van der Waals surface area (Å²) in [5, 5.41) is 3.85. The molecule has 1 heterocycles. The van der Waals surface area contributed by atoms with Crippen molar-refractivity contribution in [2.75, 3.05) is 30.7 Å². The van der Waals surface area contributed by atoms with E-state index in [-0.39, 0.29) is 12.5 Å². The quantitative estimate of drug-likeness (QED) is 0.844. The first-order valence-corrected chi connectivity index (χ1v) is 7.09. The normalized spacial score (nSPS) is 15.4. The Bertz CT molecular complexity index is 473. The molecule has 4 nitrogen and oxygen atoms in total. The van der Waals surface area contributed by atoms with E-state index in [1.54, 1.807) is 12.1 Å². The van der Waals surface area contributed by atoms with Gasteiger partial charge >= 0.3 is 0 Å². The number of benzene rings is 1. The third kappa shape index (κ3) is 3.67. The Morgan fingerprint density at radius 2 is 1.84 bits per heavy atom. The van der Waals surface area contributed by atoms with Crippen LogP contribution in [0.1, 0.15) is 19.3 Å². The van der Waals surface area contributed by atoms with Crippen molar-refractivity contribution >= 4 is 40.5 Å². The van der Waals surface area contributed by atoms with Crippen LogP contribution in [0.15, 0.2) is 12.1 Å². The highest BCUT2D eigenvalue weighted by Crippen LogP contribution is 2.30. The van der Waals surface area contributed by atoms with Gasteiger partial charge in [0, 0.05) is 13.1 Å². The van der Waals surface area contributed by atoms with E-state index in [4.69, 9.17) is 28.9 Å². The van der Waals surface area contributed by atoms with Gasteiger partial charge in [-0.2, -0.15) is 0 Å². The number of nitrogens with one attached hydrogen (secondary N) is 1. The van der Waals surface area contributed by atoms with Crippen LogP contribution in [0.25, 0.3) is 0 Å². The highest BCUT2D eigenvalue weighted by molar-refractivity contribution is 6.42. The number of hydrogen-bond donors (Lipinski definition) is 2. The molecule has 1 saturated heterocycles. The molecule has 0 atom stereocenters. The zero-order chi connectivity index (χ0) is 13.8. The molecule has 104 valence electrons. The lowest BCUT2D eigenvalue weighted by Gasteiger charge is -2.27. The van der Waals surface area contributed by atoms with Gasteiger partial charge in [-0.25, -0.2) is 0 Å². The van der Waals surface area contributed by atoms with Crippen molar-refractivity contribution in [1.29, 1.82) is 0 Å². The van der Waals surface area contributed by atoms with Gasteiger partial charge in [-0.15, -0.1) is 0 Å². The van der Waals surface area contributed by atoms with E-state index < -0.39 is 0 Å². The summed E-state index contributed by atoms with van der Waals surface area (Å²) in [6.07, 6.45) is 3.37. The van der Waals surface area contributed by atoms with E-state index in [0.717, 1.165) is 25.9 Å². The second-order valence-electron chi connectivity index (χ2n) is 4.65. The lowest BCUT2D eigenvalue weighted by molar-refractivity contribution is -0.130. The Kier molecular flexibility index (Phi) is 4.77. The highest BCUT2D eigenvalue weighted by atomic mass is 35.5. The first-order valence-electron chi connectivity index (χ1n) is 6.34. The summed E-state index contributed by atoms with van der Waals surface area (Å²) < 4.78 is 0. The number of piperidine rings is 1. The summed E-state index contributed by atoms with van der Waals surface area (Å²) in [5.41, 5.74) is 6.95. The first kappa shape index (κ1) is 14.3. The van der Waals surface area contributed by atoms with E-state index in [2.05, 4.69) is 5.32 Å². The molecule has 0 unspecified atom stereocenters. The number of nitrogen functional groups attached to an aromatic ring is 1. The molecule has 0 aromatic heterocycles. The molecule has 1 aliphatic rings. The minimum atomic E-state index is 0.0881. The predicted molar refractivity (Wildman–Crippen MR) is 79.8 cm³/mol. The number of likely N-dealkylation sites (tertiary alicyclic amines) is 1. The molecule has 6 heteroatoms. The Labute approximate surface area is 122 Å². The summed E-state index contributed by atoms with van der Waals surface area (Å²) in [6, 6.07) is 3.22. The number of amides is 1. The summed E-state index contributed by atoms with van der Waals surface area (Å²) >= 11 is 11.8. The van der Waals surface area contributed by atoms with E-state index in [0.29, 0.717) is 21.4 Å². The maximum Gasteiger partial charge on any atom is 0.241 e. The third-order valence-corrected chi connectivity index (χ3v) is 3.95. The number of rotatable bonds is 3. The van der Waals surface area contributed by atoms with Crippen LogP contribution in [0.2, 0.25) is 10.0 Å². The fourth-order valence-electron chi connectivity index (χ4n) is 2.14. The average Bonchev–Trinajstić information content (AvgIpc) is 2.42. The van der Waals surface area contributed by atoms with Gasteiger partial charge in [-0.1, -0.05) is 23.2 Å². The minimum absolute atomic E-state index is 0.0881. The average molecular weight is 302 g/mol. The van der Waals surface area contributed by atoms with Crippen LogP contribution >= 0.6 is 23.2 Å². The molecule has 1 aliphatic heterocycles. The van der Waals surface area contributed by atoms with E-state index >= 15 is 0 Å². The second kappa shape index (κ2) is 6.35. The molecule has 1 amide bonds. The molecule has 1 aromatic rings. The molecular weight excluding hydrogens is 285 g/mol. The number of nitrogens with zero attached hydrogens (tertiary/aromatic N) is 1. The van der Waals surface area contributed by atoms with E-state index in [1.165, 1.54) is 6.42 Å². The molecule has 2 rings (SSSR count). The molecule has 1 fully saturated rings. The van der Waals surface area contributed by atoms with Gasteiger partial charge in [0.1, 0.15) is 0 Å². The number of nitrogens with two attached hydrogens (primary N) is 1. The Morgan fingerprint density at radius 1 is 1.21 bits per heavy atom. The predicted octanol–water partition coefficient (Wildman–Crippen LogP) is 3.00. The van der Waals surface area contributed by atoms with Crippen molar-refractivity contribution < 1.29 is 4.79 Å². The number of carbonyl (C=O) groups excluding carboxylic acids is 1. The summed E-state index contributed by atoms with van der Waals surface area (Å²) in [6.45, 7) is 1.91. The van der Waals surface area contributed by atoms with Crippen LogP contribution in [0.4, 0.5) is 11.4 Å². The van der Waals surface area contributed by atoms with Crippen molar-refractivity contribution in [3.63, 3.8) is 0 Å². The summed E-state index contributed by atoms with van der Waals surface area (Å²) in [5.74, 6) is 0.0881. The van der Waals surface area contributed by atoms with Crippen molar-refractivity contribution in [3.8, 4) is 0 Å². The van der Waals surface area contributed by atoms with Gasteiger partial charge < -0.3 is 16.0 Å². The third-order valence-electron chi connectivity index (χ3n) is 3.23. The van der Waals surface area contributed by atoms with Crippen LogP contribution in [0.5, 0.6) is 0 Å². The van der Waals surface area contributed by atoms with Crippen molar-refractivity contribution in [2.45, 2.75) is 19.3 Å². The van der Waals surface area contributed by atoms with Crippen LogP contribution in [0.3, 0.4) is 0 Å². The first-order chi connectivity index (χ1) is 9.08. The van der Waals surface area contributed by atoms with Gasteiger partial charge in [0.15, 0.2) is 0 Å². The lowest BCUT2D eigenvalue weighted by atomic mass is 10.1. The topological polar surface area (TPSA) is 58.4 Å². The molecule has 1 aromatic carbocycles. The van der Waals surface area contributed by atoms with Gasteiger partial charge in [-0.3, -0.25) is 4.79 Å². The number of anilines is 2. The molecular formula is C13H17Cl2N3O. The maximum atomic E-state index is 12.0. The van der Waals surface area contributed by atoms with E-state index in [1.807, 2.05) is 4.90 Å². The lowest BCUT2D eigenvalue weighted by Crippen LogP contribution is -2.39. The molecule has 0 radical (unpaired) electrons. The van der Waals surface area contributed by atoms with Crippen molar-refractivity contribution in [2.24, 2.45) is 0 Å². The van der Waals surface area contributed by atoms with Crippen LogP contribution in [-0.4, -0.2) is 30.4 Å². The largest absolute Gasteiger partial charge is 0.397 e. The van der Waals surface area contributed by atoms with Crippen molar-refractivity contribution in [1.82, 2.24) is 4.90 Å². The van der Waals surface area contributed by atoms with Gasteiger partial charge in [0.2, 0.25) is 5.91 Å². The van der Waals surface area contributed by atoms with Crippen molar-refractivity contribution in [3.05, 3.63) is 22.2 Å². The van der Waals surface area contributed by atoms with Gasteiger partial charge in [0.25, 0.3) is 0 Å². The smallest absolute Gasteiger partial charge is 0.241 e. The van der Waals surface area contributed by atoms with Gasteiger partial charge in [-0.05, 0) is 31.4 Å². The minimum Gasteiger partial charge on any atom is -0.397 e. The fourth-order valence-corrected chi connectivity index (χ4v) is 2.48. The Hall–Kier alpha value is -1.13. The number of hydrogen-bond acceptors (Lipinski definition) is 3. The Morgan fingerprint density at radius 3 is 2.53 bits per heavy atom. The molecule has 0 bridgehead atoms. The summed E-state index contributed by atoms with van der Waals surface area (Å²) in [7, 11) is 0. The van der Waals surface area contributed by atoms with E-state index in [9.17, 15) is 4.79 Å². The maximum absolute atomic E-state index is 12.0. The van der Waals surface area contributed by atoms with Crippen LogP contribution in [-0.2, 0) is 4.79 Å². The fraction of sp³-hybridized carbons (Fsp3) is 0.462. The molecule has 3 N–H and O–H groups in total. The second-order valence-corrected chi connectivity index (χ2v) is 5.46. The van der Waals surface area contributed by atoms with Crippen LogP contribution in [0, 0.1) is 0 Å². The molecule has 19 heavy (non-hydrogen) atoms. The number of carbonyl (C=O) groups is 1. The summed E-state index contributed by atoms with van der Waals surface area (Å²) in [4.78, 5) is 13.9. The zero-order valence-corrected chi connectivity index (χ0v) is 12.1. The highest BCUT2D eigenvalue weighted by Gasteiger charge is 2.16. The standard InChI is InChI=1S/C13H17Cl2N3O/c14-9-6-11(16)12(7-10(9)15)17-8-13(19)18-4-2-1-3-5-18/h6-7,17H,1-5,8,16H2. The molecule has 0 saturated carbocycles. The molecule has 0 aliphatic carbocycles. The SMILES string of the molecule is Nc1cc(Cl)c(Cl)cc1NCC(=O)N1CCCCC1. The number of halogens is 2. The zero-order valence-electron chi connectivity index (χ0n) is 10.6.